The van der Waals surface area contributed by atoms with Gasteiger partial charge < -0.3 is 8.83 Å². The maximum absolute atomic E-state index is 6.26. The molecule has 0 aliphatic heterocycles. The van der Waals surface area contributed by atoms with Crippen molar-refractivity contribution in [2.75, 3.05) is 0 Å². The van der Waals surface area contributed by atoms with Crippen LogP contribution in [0.1, 0.15) is 44.9 Å². The van der Waals surface area contributed by atoms with Crippen LogP contribution in [-0.4, -0.2) is 8.07 Å². The topological polar surface area (TPSA) is 26.3 Å². The third-order valence-corrected chi connectivity index (χ3v) is 15.6. The first-order valence-electron chi connectivity index (χ1n) is 17.8. The quantitative estimate of drug-likeness (QED) is 0.164. The van der Waals surface area contributed by atoms with E-state index in [2.05, 4.69) is 159 Å². The van der Waals surface area contributed by atoms with Gasteiger partial charge in [0.15, 0.2) is 0 Å². The van der Waals surface area contributed by atoms with Gasteiger partial charge in [0, 0.05) is 22.2 Å². The molecule has 51 heavy (non-hydrogen) atoms. The lowest BCUT2D eigenvalue weighted by Gasteiger charge is -2.39. The van der Waals surface area contributed by atoms with Gasteiger partial charge in [-0.2, -0.15) is 0 Å². The molecule has 10 rings (SSSR count). The van der Waals surface area contributed by atoms with Crippen LogP contribution in [0.4, 0.5) is 0 Å². The van der Waals surface area contributed by atoms with Gasteiger partial charge in [0.05, 0.1) is 20.6 Å². The predicted molar refractivity (Wildman–Crippen MR) is 215 cm³/mol. The Bertz CT molecular complexity index is 2480. The maximum Gasteiger partial charge on any atom is 0.130 e. The lowest BCUT2D eigenvalue weighted by atomic mass is 9.93. The third-order valence-electron chi connectivity index (χ3n) is 11.4. The van der Waals surface area contributed by atoms with Crippen molar-refractivity contribution < 1.29 is 8.83 Å². The summed E-state index contributed by atoms with van der Waals surface area (Å²) in [6.45, 7) is 5.16. The van der Waals surface area contributed by atoms with Crippen LogP contribution in [0.3, 0.4) is 0 Å². The highest BCUT2D eigenvalue weighted by Gasteiger charge is 2.50. The summed E-state index contributed by atoms with van der Waals surface area (Å²) in [5.74, 6) is 1.90. The number of fused-ring (bicyclic) bond motifs is 4. The predicted octanol–water partition coefficient (Wildman–Crippen LogP) is 13.3. The molecule has 2 aromatic heterocycles. The normalized spacial score (nSPS) is 16.7. The molecule has 2 aliphatic rings. The summed E-state index contributed by atoms with van der Waals surface area (Å²) in [7, 11) is -2.39. The van der Waals surface area contributed by atoms with E-state index in [1.807, 2.05) is 24.7 Å². The van der Waals surface area contributed by atoms with Gasteiger partial charge in [-0.25, -0.2) is 0 Å². The first-order valence-corrected chi connectivity index (χ1v) is 21.0. The van der Waals surface area contributed by atoms with Gasteiger partial charge in [0.2, 0.25) is 0 Å². The fourth-order valence-electron chi connectivity index (χ4n) is 9.28. The number of hydrogen-bond donors (Lipinski definition) is 0. The molecule has 3 heteroatoms. The summed E-state index contributed by atoms with van der Waals surface area (Å²) in [6.07, 6.45) is 8.49. The van der Waals surface area contributed by atoms with Crippen molar-refractivity contribution in [2.45, 2.75) is 24.2 Å². The summed E-state index contributed by atoms with van der Waals surface area (Å²) in [5, 5.41) is 5.06. The second-order valence-electron chi connectivity index (χ2n) is 14.5. The molecule has 244 valence electrons. The average molecular weight is 673 g/mol. The molecule has 0 spiro atoms. The molecule has 0 saturated carbocycles. The molecule has 0 fully saturated rings. The zero-order valence-corrected chi connectivity index (χ0v) is 29.6. The van der Waals surface area contributed by atoms with Crippen molar-refractivity contribution in [2.24, 2.45) is 0 Å². The van der Waals surface area contributed by atoms with Gasteiger partial charge in [-0.15, -0.1) is 0 Å². The molecule has 2 aliphatic carbocycles. The van der Waals surface area contributed by atoms with Crippen molar-refractivity contribution in [3.8, 4) is 22.3 Å². The van der Waals surface area contributed by atoms with E-state index in [1.54, 1.807) is 0 Å². The van der Waals surface area contributed by atoms with Crippen LogP contribution in [0.2, 0.25) is 13.1 Å². The Hall–Kier alpha value is -5.90. The van der Waals surface area contributed by atoms with Crippen molar-refractivity contribution in [3.63, 3.8) is 0 Å². The van der Waals surface area contributed by atoms with E-state index < -0.39 is 8.07 Å². The van der Waals surface area contributed by atoms with E-state index in [4.69, 9.17) is 8.83 Å². The molecule has 2 unspecified atom stereocenters. The fraction of sp³-hybridized carbons (Fsp3) is 0.0833. The standard InChI is InChI=1S/C48H36O2Si/c1-51(2,47-39-23-9-21-37(41(39)29-43(47)45-25-11-27-49-45)35-19-7-15-31-13-3-5-17-33(31)35)48-40-24-10-22-38(42(40)30-44(48)46-26-12-28-50-46)36-20-8-16-32-14-4-6-18-34(32)36/h3-30,47-48H,1-2H3. The largest absolute Gasteiger partial charge is 0.465 e. The zero-order valence-electron chi connectivity index (χ0n) is 28.6. The summed E-state index contributed by atoms with van der Waals surface area (Å²) < 4.78 is 12.5. The van der Waals surface area contributed by atoms with Gasteiger partial charge in [-0.1, -0.05) is 134 Å². The summed E-state index contributed by atoms with van der Waals surface area (Å²) >= 11 is 0. The van der Waals surface area contributed by atoms with Gasteiger partial charge in [0.1, 0.15) is 11.5 Å². The molecule has 0 saturated heterocycles. The van der Waals surface area contributed by atoms with Crippen molar-refractivity contribution in [1.29, 1.82) is 0 Å². The minimum absolute atomic E-state index is 0.184. The van der Waals surface area contributed by atoms with Crippen LogP contribution in [-0.2, 0) is 0 Å². The molecule has 2 nitrogen and oxygen atoms in total. The van der Waals surface area contributed by atoms with E-state index in [-0.39, 0.29) is 11.1 Å². The maximum atomic E-state index is 6.26. The molecule has 2 atom stereocenters. The number of hydrogen-bond acceptors (Lipinski definition) is 2. The molecule has 8 aromatic rings. The summed E-state index contributed by atoms with van der Waals surface area (Å²) in [6, 6.07) is 52.9. The molecule has 0 amide bonds. The highest BCUT2D eigenvalue weighted by atomic mass is 28.3. The van der Waals surface area contributed by atoms with Crippen LogP contribution in [0.15, 0.2) is 167 Å². The molecule has 6 aromatic carbocycles. The van der Waals surface area contributed by atoms with Crippen LogP contribution >= 0.6 is 0 Å². The van der Waals surface area contributed by atoms with E-state index in [0.29, 0.717) is 0 Å². The highest BCUT2D eigenvalue weighted by molar-refractivity contribution is 6.84. The Labute approximate surface area is 299 Å². The molecular weight excluding hydrogens is 637 g/mol. The van der Waals surface area contributed by atoms with Crippen LogP contribution in [0.25, 0.3) is 67.1 Å². The Kier molecular flexibility index (Phi) is 6.80. The van der Waals surface area contributed by atoms with Crippen LogP contribution in [0, 0.1) is 0 Å². The number of rotatable bonds is 6. The second-order valence-corrected chi connectivity index (χ2v) is 19.3. The summed E-state index contributed by atoms with van der Waals surface area (Å²) in [5.41, 5.74) is 13.4. The number of furan rings is 2. The Morgan fingerprint density at radius 3 is 1.27 bits per heavy atom. The summed E-state index contributed by atoms with van der Waals surface area (Å²) in [4.78, 5) is 0. The SMILES string of the molecule is C[Si](C)(C1C(c2ccco2)=Cc2c(-c3cccc4ccccc34)cccc21)C1C(c2ccco2)=Cc2c(-c3cccc4ccccc34)cccc21. The zero-order chi connectivity index (χ0) is 34.1. The second kappa shape index (κ2) is 11.6. The smallest absolute Gasteiger partial charge is 0.130 e. The van der Waals surface area contributed by atoms with Gasteiger partial charge >= 0.3 is 0 Å². The third kappa shape index (κ3) is 4.62. The average Bonchev–Trinajstić information content (AvgIpc) is 4.00. The molecule has 0 radical (unpaired) electrons. The van der Waals surface area contributed by atoms with Crippen molar-refractivity contribution >= 4 is 52.9 Å². The lowest BCUT2D eigenvalue weighted by molar-refractivity contribution is 0.550. The number of allylic oxidation sites excluding steroid dienone is 2. The minimum Gasteiger partial charge on any atom is -0.465 e. The Morgan fingerprint density at radius 2 is 0.824 bits per heavy atom. The first-order chi connectivity index (χ1) is 25.1. The van der Waals surface area contributed by atoms with Crippen LogP contribution in [0.5, 0.6) is 0 Å². The molecular formula is C48H36O2Si. The van der Waals surface area contributed by atoms with Gasteiger partial charge in [0.25, 0.3) is 0 Å². The van der Waals surface area contributed by atoms with Gasteiger partial charge in [-0.05, 0) is 102 Å². The van der Waals surface area contributed by atoms with E-state index in [0.717, 1.165) is 11.5 Å². The Balaban J connectivity index is 1.19. The fourth-order valence-corrected chi connectivity index (χ4v) is 13.8. The first kappa shape index (κ1) is 30.0. The minimum atomic E-state index is -2.39. The van der Waals surface area contributed by atoms with E-state index in [1.165, 1.54) is 77.2 Å². The Morgan fingerprint density at radius 1 is 0.412 bits per heavy atom. The van der Waals surface area contributed by atoms with E-state index in [9.17, 15) is 0 Å². The molecule has 0 bridgehead atoms. The molecule has 0 N–H and O–H groups in total. The van der Waals surface area contributed by atoms with Gasteiger partial charge in [-0.3, -0.25) is 0 Å². The van der Waals surface area contributed by atoms with Crippen molar-refractivity contribution in [3.05, 3.63) is 192 Å². The number of benzene rings is 6. The van der Waals surface area contributed by atoms with Crippen molar-refractivity contribution in [1.82, 2.24) is 0 Å². The molecule has 2 heterocycles. The van der Waals surface area contributed by atoms with E-state index >= 15 is 0 Å². The lowest BCUT2D eigenvalue weighted by Crippen LogP contribution is -2.42. The highest BCUT2D eigenvalue weighted by Crippen LogP contribution is 2.58. The monoisotopic (exact) mass is 672 g/mol. The van der Waals surface area contributed by atoms with Crippen LogP contribution < -0.4 is 0 Å².